The summed E-state index contributed by atoms with van der Waals surface area (Å²) in [5, 5.41) is 10.1. The fraction of sp³-hybridized carbons (Fsp3) is 0.455. The summed E-state index contributed by atoms with van der Waals surface area (Å²) in [4.78, 5) is 0. The van der Waals surface area contributed by atoms with E-state index in [-0.39, 0.29) is 11.2 Å². The number of hydrogen-bond acceptors (Lipinski definition) is 3. The van der Waals surface area contributed by atoms with Crippen LogP contribution in [0, 0.1) is 0 Å². The van der Waals surface area contributed by atoms with Crippen molar-refractivity contribution >= 4 is 11.6 Å². The molecule has 0 atom stereocenters. The van der Waals surface area contributed by atoms with E-state index in [1.165, 1.54) is 13.2 Å². The van der Waals surface area contributed by atoms with Gasteiger partial charge in [-0.2, -0.15) is 0 Å². The van der Waals surface area contributed by atoms with Gasteiger partial charge in [0, 0.05) is 23.0 Å². The molecule has 0 unspecified atom stereocenters. The van der Waals surface area contributed by atoms with Crippen molar-refractivity contribution in [3.8, 4) is 11.5 Å². The maximum atomic E-state index is 9.53. The smallest absolute Gasteiger partial charge is 0.160 e. The van der Waals surface area contributed by atoms with Crippen LogP contribution in [0.3, 0.4) is 0 Å². The molecule has 0 spiro atoms. The number of benzene rings is 1. The molecule has 0 aliphatic heterocycles. The summed E-state index contributed by atoms with van der Waals surface area (Å²) >= 11 is 6.09. The van der Waals surface area contributed by atoms with Gasteiger partial charge < -0.3 is 15.6 Å². The first-order valence-corrected chi connectivity index (χ1v) is 5.28. The van der Waals surface area contributed by atoms with Crippen molar-refractivity contribution in [2.75, 3.05) is 13.7 Å². The van der Waals surface area contributed by atoms with Crippen molar-refractivity contribution < 1.29 is 9.84 Å². The average molecular weight is 228 g/mol. The molecule has 2 rings (SSSR count). The van der Waals surface area contributed by atoms with Crippen LogP contribution in [0.25, 0.3) is 0 Å². The Morgan fingerprint density at radius 1 is 1.53 bits per heavy atom. The largest absolute Gasteiger partial charge is 0.504 e. The van der Waals surface area contributed by atoms with Crippen molar-refractivity contribution in [2.24, 2.45) is 5.73 Å². The summed E-state index contributed by atoms with van der Waals surface area (Å²) in [6.07, 6.45) is 2.11. The second kappa shape index (κ2) is 3.58. The molecular weight excluding hydrogens is 214 g/mol. The molecule has 0 radical (unpaired) electrons. The summed E-state index contributed by atoms with van der Waals surface area (Å²) in [6, 6.07) is 3.31. The van der Waals surface area contributed by atoms with Crippen LogP contribution in [0.5, 0.6) is 11.5 Å². The highest BCUT2D eigenvalue weighted by molar-refractivity contribution is 6.31. The first-order chi connectivity index (χ1) is 7.13. The quantitative estimate of drug-likeness (QED) is 0.831. The van der Waals surface area contributed by atoms with Crippen LogP contribution < -0.4 is 10.5 Å². The molecule has 1 aromatic rings. The highest BCUT2D eigenvalue weighted by Gasteiger charge is 2.44. The van der Waals surface area contributed by atoms with E-state index in [9.17, 15) is 5.11 Å². The Morgan fingerprint density at radius 3 is 2.67 bits per heavy atom. The van der Waals surface area contributed by atoms with Crippen LogP contribution >= 0.6 is 11.6 Å². The third kappa shape index (κ3) is 1.66. The molecular formula is C11H14ClNO2. The number of rotatable bonds is 3. The van der Waals surface area contributed by atoms with Crippen molar-refractivity contribution in [1.82, 2.24) is 0 Å². The van der Waals surface area contributed by atoms with Gasteiger partial charge in [0.05, 0.1) is 7.11 Å². The van der Waals surface area contributed by atoms with E-state index in [4.69, 9.17) is 22.1 Å². The van der Waals surface area contributed by atoms with Gasteiger partial charge in [0.1, 0.15) is 0 Å². The lowest BCUT2D eigenvalue weighted by Gasteiger charge is -2.16. The Labute approximate surface area is 93.8 Å². The number of hydrogen-bond donors (Lipinski definition) is 2. The predicted molar refractivity (Wildman–Crippen MR) is 59.6 cm³/mol. The molecule has 1 aliphatic carbocycles. The number of phenols is 1. The third-order valence-electron chi connectivity index (χ3n) is 3.08. The number of phenolic OH excluding ortho intramolecular Hbond substituents is 1. The highest BCUT2D eigenvalue weighted by atomic mass is 35.5. The maximum Gasteiger partial charge on any atom is 0.160 e. The topological polar surface area (TPSA) is 55.5 Å². The molecule has 1 fully saturated rings. The molecule has 0 amide bonds. The summed E-state index contributed by atoms with van der Waals surface area (Å²) in [7, 11) is 1.52. The molecule has 1 aromatic carbocycles. The normalized spacial score (nSPS) is 17.5. The second-order valence-electron chi connectivity index (χ2n) is 3.99. The van der Waals surface area contributed by atoms with Gasteiger partial charge in [-0.3, -0.25) is 0 Å². The molecule has 3 N–H and O–H groups in total. The van der Waals surface area contributed by atoms with Crippen LogP contribution in [0.4, 0.5) is 0 Å². The van der Waals surface area contributed by atoms with Gasteiger partial charge in [-0.1, -0.05) is 11.6 Å². The molecule has 0 saturated heterocycles. The van der Waals surface area contributed by atoms with E-state index in [0.717, 1.165) is 18.4 Å². The monoisotopic (exact) mass is 227 g/mol. The molecule has 1 aliphatic rings. The van der Waals surface area contributed by atoms with Gasteiger partial charge in [0.25, 0.3) is 0 Å². The maximum absolute atomic E-state index is 9.53. The van der Waals surface area contributed by atoms with Crippen molar-refractivity contribution in [3.05, 3.63) is 22.7 Å². The standard InChI is InChI=1S/C11H14ClNO2/c1-15-10-4-7(8(12)5-9(10)14)11(6-13)2-3-11/h4-5,14H,2-3,6,13H2,1H3. The molecule has 15 heavy (non-hydrogen) atoms. The fourth-order valence-corrected chi connectivity index (χ4v) is 2.21. The highest BCUT2D eigenvalue weighted by Crippen LogP contribution is 2.51. The van der Waals surface area contributed by atoms with Crippen LogP contribution in [0.2, 0.25) is 5.02 Å². The number of nitrogens with two attached hydrogens (primary N) is 1. The van der Waals surface area contributed by atoms with Gasteiger partial charge in [0.2, 0.25) is 0 Å². The summed E-state index contributed by atoms with van der Waals surface area (Å²) in [5.74, 6) is 0.521. The molecule has 82 valence electrons. The lowest BCUT2D eigenvalue weighted by Crippen LogP contribution is -2.20. The third-order valence-corrected chi connectivity index (χ3v) is 3.40. The van der Waals surface area contributed by atoms with Crippen LogP contribution in [0.1, 0.15) is 18.4 Å². The Morgan fingerprint density at radius 2 is 2.20 bits per heavy atom. The average Bonchev–Trinajstić information content (AvgIpc) is 2.99. The Hall–Kier alpha value is -0.930. The van der Waals surface area contributed by atoms with E-state index in [2.05, 4.69) is 0 Å². The van der Waals surface area contributed by atoms with Crippen LogP contribution in [-0.4, -0.2) is 18.8 Å². The summed E-state index contributed by atoms with van der Waals surface area (Å²) in [5.41, 5.74) is 6.74. The minimum Gasteiger partial charge on any atom is -0.504 e. The SMILES string of the molecule is COc1cc(C2(CN)CC2)c(Cl)cc1O. The number of halogens is 1. The van der Waals surface area contributed by atoms with E-state index in [1.807, 2.05) is 0 Å². The van der Waals surface area contributed by atoms with Gasteiger partial charge in [-0.15, -0.1) is 0 Å². The lowest BCUT2D eigenvalue weighted by molar-refractivity contribution is 0.372. The van der Waals surface area contributed by atoms with E-state index in [0.29, 0.717) is 17.3 Å². The molecule has 4 heteroatoms. The zero-order valence-corrected chi connectivity index (χ0v) is 9.34. The fourth-order valence-electron chi connectivity index (χ4n) is 1.85. The van der Waals surface area contributed by atoms with Crippen LogP contribution in [0.15, 0.2) is 12.1 Å². The molecule has 1 saturated carbocycles. The van der Waals surface area contributed by atoms with Crippen LogP contribution in [-0.2, 0) is 5.41 Å². The Bertz CT molecular complexity index is 388. The van der Waals surface area contributed by atoms with Crippen molar-refractivity contribution in [2.45, 2.75) is 18.3 Å². The van der Waals surface area contributed by atoms with Crippen molar-refractivity contribution in [1.29, 1.82) is 0 Å². The molecule has 0 heterocycles. The van der Waals surface area contributed by atoms with Crippen molar-refractivity contribution in [3.63, 3.8) is 0 Å². The Balaban J connectivity index is 2.47. The van der Waals surface area contributed by atoms with Gasteiger partial charge in [-0.25, -0.2) is 0 Å². The summed E-state index contributed by atoms with van der Waals surface area (Å²) < 4.78 is 5.06. The molecule has 3 nitrogen and oxygen atoms in total. The Kier molecular flexibility index (Phi) is 2.52. The number of ether oxygens (including phenoxy) is 1. The summed E-state index contributed by atoms with van der Waals surface area (Å²) in [6.45, 7) is 0.584. The predicted octanol–water partition coefficient (Wildman–Crippen LogP) is 2.04. The number of aromatic hydroxyl groups is 1. The zero-order valence-electron chi connectivity index (χ0n) is 8.59. The molecule has 0 bridgehead atoms. The first-order valence-electron chi connectivity index (χ1n) is 4.90. The van der Waals surface area contributed by atoms with Gasteiger partial charge in [-0.05, 0) is 24.5 Å². The second-order valence-corrected chi connectivity index (χ2v) is 4.40. The van der Waals surface area contributed by atoms with Gasteiger partial charge in [0.15, 0.2) is 11.5 Å². The zero-order chi connectivity index (χ0) is 11.1. The van der Waals surface area contributed by atoms with Gasteiger partial charge >= 0.3 is 0 Å². The van der Waals surface area contributed by atoms with E-state index in [1.54, 1.807) is 6.07 Å². The lowest BCUT2D eigenvalue weighted by atomic mass is 9.95. The van der Waals surface area contributed by atoms with E-state index < -0.39 is 0 Å². The minimum absolute atomic E-state index is 0.0120. The number of methoxy groups -OCH3 is 1. The first kappa shape index (κ1) is 10.6. The molecule has 0 aromatic heterocycles. The minimum atomic E-state index is 0.0120. The van der Waals surface area contributed by atoms with E-state index >= 15 is 0 Å².